The molecule has 0 saturated carbocycles. The van der Waals surface area contributed by atoms with Gasteiger partial charge in [0, 0.05) is 5.92 Å². The van der Waals surface area contributed by atoms with Crippen molar-refractivity contribution in [2.24, 2.45) is 0 Å². The predicted molar refractivity (Wildman–Crippen MR) is 35.0 cm³/mol. The van der Waals surface area contributed by atoms with Crippen molar-refractivity contribution in [1.82, 2.24) is 4.98 Å². The van der Waals surface area contributed by atoms with Gasteiger partial charge in [-0.1, -0.05) is 13.8 Å². The summed E-state index contributed by atoms with van der Waals surface area (Å²) in [5.74, 6) is 1.21. The molecule has 3 nitrogen and oxygen atoms in total. The number of nitrogens with two attached hydrogens (primary N) is 1. The Morgan fingerprint density at radius 3 is 2.56 bits per heavy atom. The number of rotatable bonds is 1. The topological polar surface area (TPSA) is 52.0 Å². The first kappa shape index (κ1) is 6.13. The molecule has 0 aromatic carbocycles. The third-order valence-corrected chi connectivity index (χ3v) is 1.11. The van der Waals surface area contributed by atoms with E-state index in [1.165, 1.54) is 0 Å². The lowest BCUT2D eigenvalue weighted by Crippen LogP contribution is -1.82. The van der Waals surface area contributed by atoms with E-state index < -0.39 is 0 Å². The van der Waals surface area contributed by atoms with Gasteiger partial charge in [0.2, 0.25) is 0 Å². The average Bonchev–Trinajstić information content (AvgIpc) is 2.14. The third kappa shape index (κ3) is 1.22. The van der Waals surface area contributed by atoms with E-state index in [4.69, 9.17) is 10.2 Å². The highest BCUT2D eigenvalue weighted by molar-refractivity contribution is 5.12. The van der Waals surface area contributed by atoms with Gasteiger partial charge >= 0.3 is 0 Å². The van der Waals surface area contributed by atoms with Gasteiger partial charge in [-0.25, -0.2) is 4.98 Å². The fourth-order valence-electron chi connectivity index (χ4n) is 0.568. The average molecular weight is 126 g/mol. The zero-order valence-electron chi connectivity index (χ0n) is 5.59. The number of oxazole rings is 1. The van der Waals surface area contributed by atoms with E-state index in [0.717, 1.165) is 5.76 Å². The lowest BCUT2D eigenvalue weighted by molar-refractivity contribution is 0.499. The summed E-state index contributed by atoms with van der Waals surface area (Å²) in [7, 11) is 0. The van der Waals surface area contributed by atoms with Crippen LogP contribution in [0.15, 0.2) is 10.6 Å². The van der Waals surface area contributed by atoms with Crippen molar-refractivity contribution >= 4 is 6.01 Å². The van der Waals surface area contributed by atoms with Crippen LogP contribution >= 0.6 is 0 Å². The van der Waals surface area contributed by atoms with Crippen molar-refractivity contribution in [3.05, 3.63) is 12.0 Å². The smallest absolute Gasteiger partial charge is 0.292 e. The monoisotopic (exact) mass is 126 g/mol. The Morgan fingerprint density at radius 1 is 1.67 bits per heavy atom. The molecule has 0 spiro atoms. The summed E-state index contributed by atoms with van der Waals surface area (Å²) in [6, 6.07) is 0.249. The van der Waals surface area contributed by atoms with Crippen LogP contribution in [-0.2, 0) is 0 Å². The Hall–Kier alpha value is -0.990. The van der Waals surface area contributed by atoms with Crippen molar-refractivity contribution < 1.29 is 4.42 Å². The molecule has 0 atom stereocenters. The van der Waals surface area contributed by atoms with Gasteiger partial charge in [-0.15, -0.1) is 0 Å². The predicted octanol–water partition coefficient (Wildman–Crippen LogP) is 1.38. The summed E-state index contributed by atoms with van der Waals surface area (Å²) in [6.45, 7) is 4.06. The first-order valence-corrected chi connectivity index (χ1v) is 2.91. The molecule has 0 bridgehead atoms. The molecular weight excluding hydrogens is 116 g/mol. The van der Waals surface area contributed by atoms with Crippen molar-refractivity contribution in [2.75, 3.05) is 5.73 Å². The Bertz CT molecular complexity index is 193. The fourth-order valence-corrected chi connectivity index (χ4v) is 0.568. The number of nitrogens with zero attached hydrogens (tertiary/aromatic N) is 1. The largest absolute Gasteiger partial charge is 0.429 e. The molecule has 9 heavy (non-hydrogen) atoms. The molecular formula is C6H10N2O. The number of hydrogen-bond donors (Lipinski definition) is 1. The fraction of sp³-hybridized carbons (Fsp3) is 0.500. The number of nitrogen functional groups attached to an aromatic ring is 1. The molecule has 3 heteroatoms. The normalized spacial score (nSPS) is 10.6. The van der Waals surface area contributed by atoms with Gasteiger partial charge in [0.15, 0.2) is 0 Å². The van der Waals surface area contributed by atoms with E-state index >= 15 is 0 Å². The summed E-state index contributed by atoms with van der Waals surface area (Å²) < 4.78 is 5.01. The van der Waals surface area contributed by atoms with E-state index in [1.807, 2.05) is 13.8 Å². The lowest BCUT2D eigenvalue weighted by atomic mass is 10.2. The van der Waals surface area contributed by atoms with Crippen LogP contribution in [0.1, 0.15) is 25.5 Å². The standard InChI is InChI=1S/C6H10N2O/c1-4(2)5-3-8-6(7)9-5/h3-4H,1-2H3,(H2,7,8). The second-order valence-corrected chi connectivity index (χ2v) is 2.26. The van der Waals surface area contributed by atoms with Crippen LogP contribution in [0.25, 0.3) is 0 Å². The van der Waals surface area contributed by atoms with Crippen LogP contribution in [0.4, 0.5) is 6.01 Å². The van der Waals surface area contributed by atoms with Gasteiger partial charge in [0.1, 0.15) is 5.76 Å². The Balaban J connectivity index is 2.85. The first-order valence-electron chi connectivity index (χ1n) is 2.91. The van der Waals surface area contributed by atoms with Crippen LogP contribution in [0.2, 0.25) is 0 Å². The van der Waals surface area contributed by atoms with Crippen molar-refractivity contribution in [3.63, 3.8) is 0 Å². The van der Waals surface area contributed by atoms with Crippen molar-refractivity contribution in [2.45, 2.75) is 19.8 Å². The summed E-state index contributed by atoms with van der Waals surface area (Å²) >= 11 is 0. The maximum atomic E-state index is 5.24. The van der Waals surface area contributed by atoms with Gasteiger partial charge in [-0.3, -0.25) is 0 Å². The number of hydrogen-bond acceptors (Lipinski definition) is 3. The van der Waals surface area contributed by atoms with Crippen LogP contribution < -0.4 is 5.73 Å². The number of anilines is 1. The SMILES string of the molecule is CC(C)c1cnc(N)o1. The van der Waals surface area contributed by atoms with Gasteiger partial charge in [-0.2, -0.15) is 0 Å². The summed E-state index contributed by atoms with van der Waals surface area (Å²) in [6.07, 6.45) is 1.65. The first-order chi connectivity index (χ1) is 4.20. The van der Waals surface area contributed by atoms with E-state index in [2.05, 4.69) is 4.98 Å². The Labute approximate surface area is 53.9 Å². The Morgan fingerprint density at radius 2 is 2.33 bits per heavy atom. The summed E-state index contributed by atoms with van der Waals surface area (Å²) in [5, 5.41) is 0. The van der Waals surface area contributed by atoms with Gasteiger partial charge in [0.25, 0.3) is 6.01 Å². The van der Waals surface area contributed by atoms with Crippen molar-refractivity contribution in [3.8, 4) is 0 Å². The third-order valence-electron chi connectivity index (χ3n) is 1.11. The van der Waals surface area contributed by atoms with Crippen LogP contribution in [0.3, 0.4) is 0 Å². The van der Waals surface area contributed by atoms with Crippen LogP contribution in [0, 0.1) is 0 Å². The molecule has 50 valence electrons. The van der Waals surface area contributed by atoms with E-state index in [0.29, 0.717) is 5.92 Å². The summed E-state index contributed by atoms with van der Waals surface area (Å²) in [5.41, 5.74) is 5.24. The molecule has 0 saturated heterocycles. The van der Waals surface area contributed by atoms with Gasteiger partial charge in [-0.05, 0) is 0 Å². The summed E-state index contributed by atoms with van der Waals surface area (Å²) in [4.78, 5) is 3.75. The highest BCUT2D eigenvalue weighted by atomic mass is 16.4. The number of aromatic nitrogens is 1. The van der Waals surface area contributed by atoms with Gasteiger partial charge < -0.3 is 10.2 Å². The van der Waals surface area contributed by atoms with Crippen LogP contribution in [0.5, 0.6) is 0 Å². The minimum absolute atomic E-state index is 0.249. The highest BCUT2D eigenvalue weighted by Crippen LogP contribution is 2.15. The second-order valence-electron chi connectivity index (χ2n) is 2.26. The van der Waals surface area contributed by atoms with Gasteiger partial charge in [0.05, 0.1) is 6.20 Å². The lowest BCUT2D eigenvalue weighted by Gasteiger charge is -1.94. The molecule has 0 aliphatic heterocycles. The molecule has 2 N–H and O–H groups in total. The molecule has 1 rings (SSSR count). The minimum Gasteiger partial charge on any atom is -0.429 e. The van der Waals surface area contributed by atoms with E-state index in [1.54, 1.807) is 6.20 Å². The molecule has 0 fully saturated rings. The molecule has 1 aromatic rings. The van der Waals surface area contributed by atoms with E-state index in [9.17, 15) is 0 Å². The minimum atomic E-state index is 0.249. The molecule has 0 aliphatic carbocycles. The maximum Gasteiger partial charge on any atom is 0.292 e. The zero-order chi connectivity index (χ0) is 6.85. The zero-order valence-corrected chi connectivity index (χ0v) is 5.59. The highest BCUT2D eigenvalue weighted by Gasteiger charge is 2.03. The molecule has 0 radical (unpaired) electrons. The molecule has 0 amide bonds. The Kier molecular flexibility index (Phi) is 1.42. The molecule has 1 aromatic heterocycles. The van der Waals surface area contributed by atoms with Crippen molar-refractivity contribution in [1.29, 1.82) is 0 Å². The molecule has 1 heterocycles. The van der Waals surface area contributed by atoms with E-state index in [-0.39, 0.29) is 6.01 Å². The molecule has 0 unspecified atom stereocenters. The second kappa shape index (κ2) is 2.09. The van der Waals surface area contributed by atoms with Crippen LogP contribution in [-0.4, -0.2) is 4.98 Å². The quantitative estimate of drug-likeness (QED) is 0.618. The molecule has 0 aliphatic rings. The maximum absolute atomic E-state index is 5.24.